The molecule has 0 bridgehead atoms. The van der Waals surface area contributed by atoms with E-state index >= 15 is 0 Å². The standard InChI is InChI=1S/C24H33N5O3/c1-3-20(18-29(2)17-19-9-5-4-6-10-19)27-22-16-25-21(15-26-22)12-13-23(30)28-32-24-11-7-8-14-31-24/h4-6,9-10,12-13,15-16,20,24H,3,7-8,11,14,17-18H2,1-2H3,(H,26,27)(H,28,30)/t20-,24?/m1/s1. The second-order valence-corrected chi connectivity index (χ2v) is 7.97. The predicted octanol–water partition coefficient (Wildman–Crippen LogP) is 3.39. The Kier molecular flexibility index (Phi) is 9.61. The van der Waals surface area contributed by atoms with Gasteiger partial charge < -0.3 is 15.0 Å². The monoisotopic (exact) mass is 439 g/mol. The molecule has 1 aliphatic rings. The molecule has 0 spiro atoms. The summed E-state index contributed by atoms with van der Waals surface area (Å²) in [5.74, 6) is 0.347. The van der Waals surface area contributed by atoms with Gasteiger partial charge in [0.2, 0.25) is 0 Å². The van der Waals surface area contributed by atoms with Crippen molar-refractivity contribution in [3.8, 4) is 0 Å². The maximum absolute atomic E-state index is 11.9. The van der Waals surface area contributed by atoms with Crippen molar-refractivity contribution in [3.05, 3.63) is 60.1 Å². The Balaban J connectivity index is 1.43. The number of amides is 1. The first kappa shape index (κ1) is 23.8. The molecule has 8 nitrogen and oxygen atoms in total. The summed E-state index contributed by atoms with van der Waals surface area (Å²) in [7, 11) is 2.12. The van der Waals surface area contributed by atoms with Gasteiger partial charge in [0.05, 0.1) is 18.1 Å². The van der Waals surface area contributed by atoms with Gasteiger partial charge in [0.1, 0.15) is 5.82 Å². The van der Waals surface area contributed by atoms with Gasteiger partial charge in [0.15, 0.2) is 6.29 Å². The van der Waals surface area contributed by atoms with Crippen LogP contribution in [0.25, 0.3) is 6.08 Å². The summed E-state index contributed by atoms with van der Waals surface area (Å²) in [6, 6.07) is 10.7. The lowest BCUT2D eigenvalue weighted by molar-refractivity contribution is -0.198. The molecule has 8 heteroatoms. The maximum atomic E-state index is 11.9. The number of rotatable bonds is 11. The van der Waals surface area contributed by atoms with Crippen LogP contribution in [0.2, 0.25) is 0 Å². The number of hydrogen-bond donors (Lipinski definition) is 2. The minimum atomic E-state index is -0.371. The fourth-order valence-corrected chi connectivity index (χ4v) is 3.44. The Morgan fingerprint density at radius 1 is 1.28 bits per heavy atom. The second-order valence-electron chi connectivity index (χ2n) is 7.97. The molecule has 1 aromatic heterocycles. The number of aromatic nitrogens is 2. The van der Waals surface area contributed by atoms with Crippen LogP contribution in [0.3, 0.4) is 0 Å². The molecule has 1 fully saturated rings. The number of nitrogens with zero attached hydrogens (tertiary/aromatic N) is 3. The number of hydrogen-bond acceptors (Lipinski definition) is 7. The van der Waals surface area contributed by atoms with Crippen LogP contribution in [0.5, 0.6) is 0 Å². The summed E-state index contributed by atoms with van der Waals surface area (Å²) in [6.07, 6.45) is 9.73. The molecule has 2 N–H and O–H groups in total. The first-order valence-corrected chi connectivity index (χ1v) is 11.2. The van der Waals surface area contributed by atoms with Crippen LogP contribution in [0.15, 0.2) is 48.8 Å². The summed E-state index contributed by atoms with van der Waals surface area (Å²) in [5, 5.41) is 3.44. The summed E-state index contributed by atoms with van der Waals surface area (Å²) >= 11 is 0. The van der Waals surface area contributed by atoms with E-state index in [0.29, 0.717) is 18.1 Å². The van der Waals surface area contributed by atoms with Gasteiger partial charge in [-0.15, -0.1) is 0 Å². The van der Waals surface area contributed by atoms with Crippen LogP contribution in [0, 0.1) is 0 Å². The van der Waals surface area contributed by atoms with Crippen LogP contribution >= 0.6 is 0 Å². The van der Waals surface area contributed by atoms with Crippen LogP contribution in [-0.2, 0) is 20.9 Å². The van der Waals surface area contributed by atoms with E-state index in [9.17, 15) is 4.79 Å². The Bertz CT molecular complexity index is 838. The van der Waals surface area contributed by atoms with Crippen LogP contribution in [0.1, 0.15) is 43.9 Å². The highest BCUT2D eigenvalue weighted by Gasteiger charge is 2.15. The van der Waals surface area contributed by atoms with Crippen LogP contribution in [-0.4, -0.2) is 53.3 Å². The van der Waals surface area contributed by atoms with E-state index in [0.717, 1.165) is 38.8 Å². The first-order valence-electron chi connectivity index (χ1n) is 11.2. The lowest BCUT2D eigenvalue weighted by Crippen LogP contribution is -2.34. The number of nitrogens with one attached hydrogen (secondary N) is 2. The molecule has 32 heavy (non-hydrogen) atoms. The third kappa shape index (κ3) is 8.37. The summed E-state index contributed by atoms with van der Waals surface area (Å²) in [4.78, 5) is 28.2. The second kappa shape index (κ2) is 12.9. The highest BCUT2D eigenvalue weighted by atomic mass is 16.8. The van der Waals surface area contributed by atoms with Crippen LogP contribution in [0.4, 0.5) is 5.82 Å². The summed E-state index contributed by atoms with van der Waals surface area (Å²) < 4.78 is 5.41. The molecule has 1 aliphatic heterocycles. The molecule has 2 heterocycles. The molecular weight excluding hydrogens is 406 g/mol. The molecular formula is C24H33N5O3. The predicted molar refractivity (Wildman–Crippen MR) is 124 cm³/mol. The van der Waals surface area contributed by atoms with Gasteiger partial charge in [0, 0.05) is 38.2 Å². The molecule has 0 saturated carbocycles. The molecule has 2 aromatic rings. The van der Waals surface area contributed by atoms with Gasteiger partial charge >= 0.3 is 0 Å². The molecule has 0 aliphatic carbocycles. The molecule has 172 valence electrons. The fraction of sp³-hybridized carbons (Fsp3) is 0.458. The van der Waals surface area contributed by atoms with E-state index in [4.69, 9.17) is 9.57 Å². The fourth-order valence-electron chi connectivity index (χ4n) is 3.44. The molecule has 0 radical (unpaired) electrons. The van der Waals surface area contributed by atoms with Gasteiger partial charge in [-0.05, 0) is 37.9 Å². The van der Waals surface area contributed by atoms with Gasteiger partial charge in [0.25, 0.3) is 5.91 Å². The van der Waals surface area contributed by atoms with Crippen molar-refractivity contribution < 1.29 is 14.4 Å². The average molecular weight is 440 g/mol. The molecule has 2 atom stereocenters. The smallest absolute Gasteiger partial charge is 0.267 e. The SMILES string of the molecule is CC[C@H](CN(C)Cc1ccccc1)Nc1cnc(C=CC(=O)NOC2CCCCO2)cn1. The first-order chi connectivity index (χ1) is 15.6. The molecule has 3 rings (SSSR count). The van der Waals surface area contributed by atoms with Gasteiger partial charge in [-0.2, -0.15) is 0 Å². The molecule has 1 unspecified atom stereocenters. The zero-order chi connectivity index (χ0) is 22.6. The van der Waals surface area contributed by atoms with E-state index in [1.165, 1.54) is 11.6 Å². The quantitative estimate of drug-likeness (QED) is 0.410. The number of likely N-dealkylation sites (N-methyl/N-ethyl adjacent to an activating group) is 1. The Morgan fingerprint density at radius 3 is 2.81 bits per heavy atom. The minimum Gasteiger partial charge on any atom is -0.365 e. The van der Waals surface area contributed by atoms with E-state index in [1.54, 1.807) is 18.5 Å². The average Bonchev–Trinajstić information content (AvgIpc) is 2.83. The number of ether oxygens (including phenoxy) is 1. The van der Waals surface area contributed by atoms with Crippen molar-refractivity contribution >= 4 is 17.8 Å². The highest BCUT2D eigenvalue weighted by molar-refractivity contribution is 5.90. The Hall–Kier alpha value is -2.81. The molecule has 1 saturated heterocycles. The normalized spacial score (nSPS) is 17.4. The van der Waals surface area contributed by atoms with Crippen molar-refractivity contribution in [2.45, 2.75) is 51.5 Å². The third-order valence-corrected chi connectivity index (χ3v) is 5.18. The lowest BCUT2D eigenvalue weighted by atomic mass is 10.2. The van der Waals surface area contributed by atoms with Crippen molar-refractivity contribution in [2.75, 3.05) is 25.5 Å². The molecule has 1 amide bonds. The summed E-state index contributed by atoms with van der Waals surface area (Å²) in [6.45, 7) is 4.60. The van der Waals surface area contributed by atoms with E-state index in [2.05, 4.69) is 63.9 Å². The summed E-state index contributed by atoms with van der Waals surface area (Å²) in [5.41, 5.74) is 4.27. The van der Waals surface area contributed by atoms with Crippen molar-refractivity contribution in [1.29, 1.82) is 0 Å². The number of anilines is 1. The van der Waals surface area contributed by atoms with E-state index in [1.807, 2.05) is 6.07 Å². The number of carbonyl (C=O) groups excluding carboxylic acids is 1. The molecule has 1 aromatic carbocycles. The van der Waals surface area contributed by atoms with Gasteiger partial charge in [-0.25, -0.2) is 15.3 Å². The number of benzene rings is 1. The number of carbonyl (C=O) groups is 1. The largest absolute Gasteiger partial charge is 0.365 e. The third-order valence-electron chi connectivity index (χ3n) is 5.18. The van der Waals surface area contributed by atoms with Crippen molar-refractivity contribution in [3.63, 3.8) is 0 Å². The topological polar surface area (TPSA) is 88.6 Å². The minimum absolute atomic E-state index is 0.254. The Labute approximate surface area is 190 Å². The maximum Gasteiger partial charge on any atom is 0.267 e. The lowest BCUT2D eigenvalue weighted by Gasteiger charge is -2.24. The zero-order valence-corrected chi connectivity index (χ0v) is 18.9. The van der Waals surface area contributed by atoms with E-state index < -0.39 is 0 Å². The van der Waals surface area contributed by atoms with Gasteiger partial charge in [-0.1, -0.05) is 37.3 Å². The van der Waals surface area contributed by atoms with Crippen molar-refractivity contribution in [2.24, 2.45) is 0 Å². The Morgan fingerprint density at radius 2 is 2.12 bits per heavy atom. The van der Waals surface area contributed by atoms with Crippen LogP contribution < -0.4 is 10.8 Å². The van der Waals surface area contributed by atoms with E-state index in [-0.39, 0.29) is 18.2 Å². The van der Waals surface area contributed by atoms with Crippen molar-refractivity contribution in [1.82, 2.24) is 20.3 Å². The highest BCUT2D eigenvalue weighted by Crippen LogP contribution is 2.12. The number of hydroxylamine groups is 1. The van der Waals surface area contributed by atoms with Gasteiger partial charge in [-0.3, -0.25) is 9.78 Å². The zero-order valence-electron chi connectivity index (χ0n) is 18.9.